The van der Waals surface area contributed by atoms with Crippen LogP contribution in [-0.2, 0) is 21.6 Å². The maximum Gasteiger partial charge on any atom is 0.339 e. The summed E-state index contributed by atoms with van der Waals surface area (Å²) in [6.07, 6.45) is 6.88. The second-order valence-corrected chi connectivity index (χ2v) is 10.6. The van der Waals surface area contributed by atoms with Crippen LogP contribution in [0.4, 0.5) is 0 Å². The highest BCUT2D eigenvalue weighted by molar-refractivity contribution is 5.95. The largest absolute Gasteiger partial charge is 0.456 e. The summed E-state index contributed by atoms with van der Waals surface area (Å²) < 4.78 is 7.76. The van der Waals surface area contributed by atoms with Gasteiger partial charge in [-0.25, -0.2) is 4.79 Å². The quantitative estimate of drug-likeness (QED) is 0.240. The van der Waals surface area contributed by atoms with Crippen LogP contribution in [-0.4, -0.2) is 16.1 Å². The van der Waals surface area contributed by atoms with E-state index in [-0.39, 0.29) is 0 Å². The van der Waals surface area contributed by atoms with Crippen molar-refractivity contribution in [3.63, 3.8) is 0 Å². The third-order valence-corrected chi connectivity index (χ3v) is 5.88. The van der Waals surface area contributed by atoms with E-state index in [9.17, 15) is 4.79 Å². The Labute approximate surface area is 210 Å². The van der Waals surface area contributed by atoms with Crippen molar-refractivity contribution in [2.45, 2.75) is 66.2 Å². The molecule has 186 valence electrons. The SMILES string of the molecule is C=C/C=C(\C(=C)C(=C)/C=C\C(=C)Cn1c(C)c(C)c2cc(C(C)(C)N)ccc21)C(=O)OC(C)(C)C. The van der Waals surface area contributed by atoms with E-state index in [1.54, 1.807) is 12.2 Å². The Morgan fingerprint density at radius 1 is 1.09 bits per heavy atom. The van der Waals surface area contributed by atoms with Crippen molar-refractivity contribution in [3.8, 4) is 0 Å². The molecule has 0 saturated heterocycles. The molecule has 0 saturated carbocycles. The molecule has 0 fully saturated rings. The molecule has 1 aromatic carbocycles. The van der Waals surface area contributed by atoms with Crippen molar-refractivity contribution < 1.29 is 9.53 Å². The van der Waals surface area contributed by atoms with E-state index in [1.807, 2.05) is 46.8 Å². The predicted octanol–water partition coefficient (Wildman–Crippen LogP) is 7.13. The number of hydrogen-bond acceptors (Lipinski definition) is 3. The lowest BCUT2D eigenvalue weighted by molar-refractivity contribution is -0.149. The zero-order valence-electron chi connectivity index (χ0n) is 22.4. The Morgan fingerprint density at radius 2 is 1.71 bits per heavy atom. The molecule has 0 bridgehead atoms. The molecule has 2 rings (SSSR count). The van der Waals surface area contributed by atoms with Crippen LogP contribution in [0.25, 0.3) is 10.9 Å². The first-order valence-electron chi connectivity index (χ1n) is 11.8. The van der Waals surface area contributed by atoms with Gasteiger partial charge in [0.25, 0.3) is 0 Å². The summed E-state index contributed by atoms with van der Waals surface area (Å²) in [6, 6.07) is 6.40. The molecule has 0 aliphatic carbocycles. The normalized spacial score (nSPS) is 12.7. The molecular formula is C31H40N2O2. The van der Waals surface area contributed by atoms with Gasteiger partial charge in [0.15, 0.2) is 0 Å². The van der Waals surface area contributed by atoms with Crippen LogP contribution < -0.4 is 5.73 Å². The molecule has 2 N–H and O–H groups in total. The fraction of sp³-hybridized carbons (Fsp3) is 0.323. The lowest BCUT2D eigenvalue weighted by Crippen LogP contribution is -2.28. The summed E-state index contributed by atoms with van der Waals surface area (Å²) in [6.45, 7) is 30.5. The van der Waals surface area contributed by atoms with E-state index >= 15 is 0 Å². The van der Waals surface area contributed by atoms with Gasteiger partial charge >= 0.3 is 5.97 Å². The van der Waals surface area contributed by atoms with Gasteiger partial charge in [-0.05, 0) is 94.5 Å². The number of nitrogens with two attached hydrogens (primary N) is 1. The number of aromatic nitrogens is 1. The van der Waals surface area contributed by atoms with Crippen molar-refractivity contribution in [3.05, 3.63) is 108 Å². The number of ether oxygens (including phenoxy) is 1. The number of benzene rings is 1. The molecular weight excluding hydrogens is 432 g/mol. The smallest absolute Gasteiger partial charge is 0.339 e. The molecule has 0 spiro atoms. The van der Waals surface area contributed by atoms with Crippen LogP contribution in [0.2, 0.25) is 0 Å². The molecule has 0 amide bonds. The van der Waals surface area contributed by atoms with E-state index in [2.05, 4.69) is 62.9 Å². The van der Waals surface area contributed by atoms with Gasteiger partial charge in [-0.3, -0.25) is 0 Å². The fourth-order valence-electron chi connectivity index (χ4n) is 3.74. The third-order valence-electron chi connectivity index (χ3n) is 5.88. The minimum atomic E-state index is -0.612. The van der Waals surface area contributed by atoms with Crippen LogP contribution in [0.1, 0.15) is 51.4 Å². The van der Waals surface area contributed by atoms with Gasteiger partial charge in [0, 0.05) is 28.7 Å². The Hall–Kier alpha value is -3.37. The highest BCUT2D eigenvalue weighted by Crippen LogP contribution is 2.30. The van der Waals surface area contributed by atoms with Gasteiger partial charge in [-0.1, -0.05) is 50.6 Å². The van der Waals surface area contributed by atoms with Gasteiger partial charge in [0.1, 0.15) is 5.60 Å². The Bertz CT molecular complexity index is 1250. The van der Waals surface area contributed by atoms with E-state index in [1.165, 1.54) is 16.6 Å². The zero-order chi connectivity index (χ0) is 26.7. The molecule has 0 aliphatic rings. The molecule has 0 unspecified atom stereocenters. The second-order valence-electron chi connectivity index (χ2n) is 10.6. The van der Waals surface area contributed by atoms with Crippen molar-refractivity contribution >= 4 is 16.9 Å². The highest BCUT2D eigenvalue weighted by atomic mass is 16.6. The number of hydrogen-bond donors (Lipinski definition) is 1. The van der Waals surface area contributed by atoms with E-state index in [0.29, 0.717) is 23.3 Å². The van der Waals surface area contributed by atoms with Crippen molar-refractivity contribution in [2.24, 2.45) is 5.73 Å². The lowest BCUT2D eigenvalue weighted by atomic mass is 9.94. The molecule has 0 aliphatic heterocycles. The van der Waals surface area contributed by atoms with E-state index in [0.717, 1.165) is 16.7 Å². The number of allylic oxidation sites excluding steroid dienone is 6. The maximum absolute atomic E-state index is 12.6. The Balaban J connectivity index is 2.24. The average molecular weight is 473 g/mol. The highest BCUT2D eigenvalue weighted by Gasteiger charge is 2.22. The molecule has 35 heavy (non-hydrogen) atoms. The summed E-state index contributed by atoms with van der Waals surface area (Å²) in [5.74, 6) is -0.458. The van der Waals surface area contributed by atoms with Crippen molar-refractivity contribution in [1.82, 2.24) is 4.57 Å². The fourth-order valence-corrected chi connectivity index (χ4v) is 3.74. The number of fused-ring (bicyclic) bond motifs is 1. The van der Waals surface area contributed by atoms with Crippen LogP contribution in [0.15, 0.2) is 91.1 Å². The summed E-state index contributed by atoms with van der Waals surface area (Å²) >= 11 is 0. The van der Waals surface area contributed by atoms with Gasteiger partial charge in [-0.2, -0.15) is 0 Å². The monoisotopic (exact) mass is 472 g/mol. The summed E-state index contributed by atoms with van der Waals surface area (Å²) in [5, 5.41) is 1.20. The summed E-state index contributed by atoms with van der Waals surface area (Å²) in [5.41, 5.74) is 12.3. The molecule has 4 nitrogen and oxygen atoms in total. The van der Waals surface area contributed by atoms with Crippen LogP contribution in [0.3, 0.4) is 0 Å². The molecule has 1 aromatic heterocycles. The minimum Gasteiger partial charge on any atom is -0.456 e. The number of carbonyl (C=O) groups excluding carboxylic acids is 1. The molecule has 0 atom stereocenters. The molecule has 4 heteroatoms. The van der Waals surface area contributed by atoms with E-state index in [4.69, 9.17) is 10.5 Å². The van der Waals surface area contributed by atoms with Crippen LogP contribution in [0.5, 0.6) is 0 Å². The molecule has 1 heterocycles. The predicted molar refractivity (Wildman–Crippen MR) is 149 cm³/mol. The summed E-state index contributed by atoms with van der Waals surface area (Å²) in [4.78, 5) is 12.6. The number of aryl methyl sites for hydroxylation is 1. The first kappa shape index (κ1) is 27.9. The number of nitrogens with zero attached hydrogens (tertiary/aromatic N) is 1. The van der Waals surface area contributed by atoms with Gasteiger partial charge < -0.3 is 15.0 Å². The first-order valence-corrected chi connectivity index (χ1v) is 11.8. The topological polar surface area (TPSA) is 57.2 Å². The van der Waals surface area contributed by atoms with E-state index < -0.39 is 17.1 Å². The second kappa shape index (κ2) is 10.5. The molecule has 0 radical (unpaired) electrons. The summed E-state index contributed by atoms with van der Waals surface area (Å²) in [7, 11) is 0. The number of rotatable bonds is 9. The molecule has 2 aromatic rings. The van der Waals surface area contributed by atoms with Crippen molar-refractivity contribution in [1.29, 1.82) is 0 Å². The Morgan fingerprint density at radius 3 is 2.26 bits per heavy atom. The minimum absolute atomic E-state index is 0.330. The average Bonchev–Trinajstić information content (AvgIpc) is 2.97. The lowest BCUT2D eigenvalue weighted by Gasteiger charge is -2.21. The third kappa shape index (κ3) is 6.83. The zero-order valence-corrected chi connectivity index (χ0v) is 22.4. The first-order chi connectivity index (χ1) is 16.1. The maximum atomic E-state index is 12.6. The van der Waals surface area contributed by atoms with Crippen molar-refractivity contribution in [2.75, 3.05) is 0 Å². The number of carbonyl (C=O) groups is 1. The Kier molecular flexibility index (Phi) is 8.35. The standard InChI is InChI=1S/C31H40N2O2/c1-12-13-26(29(34)35-30(7,8)9)22(4)21(3)15-14-20(2)19-33-24(6)23(5)27-18-25(31(10,11)32)16-17-28(27)33/h12-18H,1-4,19,32H2,5-11H3/b15-14-,26-13+. The van der Waals surface area contributed by atoms with Crippen LogP contribution >= 0.6 is 0 Å². The van der Waals surface area contributed by atoms with Gasteiger partial charge in [0.05, 0.1) is 5.57 Å². The van der Waals surface area contributed by atoms with Gasteiger partial charge in [0.2, 0.25) is 0 Å². The van der Waals surface area contributed by atoms with Gasteiger partial charge in [-0.15, -0.1) is 0 Å². The number of esters is 1. The van der Waals surface area contributed by atoms with Crippen LogP contribution in [0, 0.1) is 13.8 Å².